The molecule has 0 aromatic carbocycles. The number of Topliss-reactive ketones (excluding diaryl/α,β-unsaturated/α-hetero) is 1. The predicted molar refractivity (Wildman–Crippen MR) is 63.0 cm³/mol. The highest BCUT2D eigenvalue weighted by molar-refractivity contribution is 5.96. The molecule has 0 bridgehead atoms. The molecule has 0 saturated carbocycles. The molecule has 1 aliphatic heterocycles. The maximum absolute atomic E-state index is 11.8. The zero-order chi connectivity index (χ0) is 13.5. The zero-order valence-corrected chi connectivity index (χ0v) is 10.8. The maximum atomic E-state index is 11.8. The van der Waals surface area contributed by atoms with Gasteiger partial charge in [-0.1, -0.05) is 0 Å². The lowest BCUT2D eigenvalue weighted by molar-refractivity contribution is -0.146. The molecule has 1 fully saturated rings. The molecule has 18 heavy (non-hydrogen) atoms. The van der Waals surface area contributed by atoms with E-state index in [4.69, 9.17) is 4.74 Å². The van der Waals surface area contributed by atoms with Gasteiger partial charge in [0.15, 0.2) is 0 Å². The quantitative estimate of drug-likeness (QED) is 0.554. The van der Waals surface area contributed by atoms with Gasteiger partial charge in [0, 0.05) is 19.0 Å². The number of ketones is 1. The molecule has 0 spiro atoms. The number of hydrogen-bond acceptors (Lipinski definition) is 5. The van der Waals surface area contributed by atoms with Crippen LogP contribution in [0.15, 0.2) is 0 Å². The molecule has 0 aromatic rings. The number of nitrogens with zero attached hydrogens (tertiary/aromatic N) is 1. The smallest absolute Gasteiger partial charge is 0.409 e. The molecule has 0 radical (unpaired) electrons. The lowest BCUT2D eigenvalue weighted by Gasteiger charge is -2.29. The molecule has 1 saturated heterocycles. The average molecular weight is 257 g/mol. The second-order valence-electron chi connectivity index (χ2n) is 4.18. The monoisotopic (exact) mass is 257 g/mol. The average Bonchev–Trinajstić information content (AvgIpc) is 2.38. The Kier molecular flexibility index (Phi) is 5.61. The van der Waals surface area contributed by atoms with Crippen molar-refractivity contribution in [1.29, 1.82) is 0 Å². The van der Waals surface area contributed by atoms with Gasteiger partial charge in [-0.2, -0.15) is 0 Å². The number of esters is 1. The number of amides is 1. The van der Waals surface area contributed by atoms with E-state index in [1.165, 1.54) is 7.11 Å². The number of hydrogen-bond donors (Lipinski definition) is 0. The van der Waals surface area contributed by atoms with Crippen LogP contribution in [-0.2, 0) is 19.1 Å². The summed E-state index contributed by atoms with van der Waals surface area (Å²) in [6.45, 7) is 2.97. The van der Waals surface area contributed by atoms with Crippen molar-refractivity contribution in [2.75, 3.05) is 26.8 Å². The van der Waals surface area contributed by atoms with Crippen LogP contribution < -0.4 is 0 Å². The van der Waals surface area contributed by atoms with Crippen LogP contribution in [-0.4, -0.2) is 49.6 Å². The van der Waals surface area contributed by atoms with Crippen molar-refractivity contribution in [3.05, 3.63) is 0 Å². The number of carbonyl (C=O) groups is 3. The van der Waals surface area contributed by atoms with Gasteiger partial charge in [-0.3, -0.25) is 9.59 Å². The lowest BCUT2D eigenvalue weighted by Crippen LogP contribution is -2.40. The van der Waals surface area contributed by atoms with E-state index in [-0.39, 0.29) is 30.8 Å². The van der Waals surface area contributed by atoms with Crippen LogP contribution in [0.3, 0.4) is 0 Å². The van der Waals surface area contributed by atoms with E-state index in [1.54, 1.807) is 11.8 Å². The first-order valence-electron chi connectivity index (χ1n) is 6.09. The van der Waals surface area contributed by atoms with Crippen LogP contribution >= 0.6 is 0 Å². The Bertz CT molecular complexity index is 320. The Hall–Kier alpha value is -1.59. The number of ether oxygens (including phenoxy) is 2. The number of likely N-dealkylation sites (tertiary alicyclic amines) is 1. The summed E-state index contributed by atoms with van der Waals surface area (Å²) >= 11 is 0. The Morgan fingerprint density at radius 2 is 1.83 bits per heavy atom. The summed E-state index contributed by atoms with van der Waals surface area (Å²) in [6.07, 6.45) is 0.614. The van der Waals surface area contributed by atoms with Gasteiger partial charge in [0.25, 0.3) is 0 Å². The van der Waals surface area contributed by atoms with E-state index in [0.717, 1.165) is 0 Å². The molecule has 6 heteroatoms. The Labute approximate surface area is 106 Å². The Balaban J connectivity index is 2.36. The Morgan fingerprint density at radius 1 is 1.22 bits per heavy atom. The number of piperidine rings is 1. The van der Waals surface area contributed by atoms with E-state index in [9.17, 15) is 14.4 Å². The SMILES string of the molecule is CCOC(=O)CC(=O)C1CCN(C(=O)OC)CC1. The topological polar surface area (TPSA) is 72.9 Å². The van der Waals surface area contributed by atoms with Crippen LogP contribution in [0.25, 0.3) is 0 Å². The minimum atomic E-state index is -0.474. The molecule has 6 nitrogen and oxygen atoms in total. The summed E-state index contributed by atoms with van der Waals surface area (Å²) in [5.41, 5.74) is 0. The molecule has 1 rings (SSSR count). The van der Waals surface area contributed by atoms with E-state index >= 15 is 0 Å². The first-order valence-corrected chi connectivity index (χ1v) is 6.09. The minimum Gasteiger partial charge on any atom is -0.466 e. The molecular weight excluding hydrogens is 238 g/mol. The van der Waals surface area contributed by atoms with Gasteiger partial charge in [-0.25, -0.2) is 4.79 Å². The van der Waals surface area contributed by atoms with Gasteiger partial charge in [-0.05, 0) is 19.8 Å². The largest absolute Gasteiger partial charge is 0.466 e. The first kappa shape index (κ1) is 14.5. The number of rotatable bonds is 4. The third kappa shape index (κ3) is 4.01. The number of carbonyl (C=O) groups excluding carboxylic acids is 3. The predicted octanol–water partition coefficient (Wildman–Crippen LogP) is 0.987. The van der Waals surface area contributed by atoms with Crippen molar-refractivity contribution < 1.29 is 23.9 Å². The van der Waals surface area contributed by atoms with Gasteiger partial charge >= 0.3 is 12.1 Å². The van der Waals surface area contributed by atoms with Crippen LogP contribution in [0, 0.1) is 5.92 Å². The molecule has 1 heterocycles. The van der Waals surface area contributed by atoms with Crippen molar-refractivity contribution >= 4 is 17.8 Å². The molecular formula is C12H19NO5. The number of methoxy groups -OCH3 is 1. The normalized spacial score (nSPS) is 16.2. The first-order chi connectivity index (χ1) is 8.58. The van der Waals surface area contributed by atoms with Crippen molar-refractivity contribution in [2.24, 2.45) is 5.92 Å². The van der Waals surface area contributed by atoms with E-state index in [1.807, 2.05) is 0 Å². The fourth-order valence-electron chi connectivity index (χ4n) is 2.01. The molecule has 102 valence electrons. The zero-order valence-electron chi connectivity index (χ0n) is 10.8. The fraction of sp³-hybridized carbons (Fsp3) is 0.750. The minimum absolute atomic E-state index is 0.0991. The molecule has 0 aromatic heterocycles. The maximum Gasteiger partial charge on any atom is 0.409 e. The van der Waals surface area contributed by atoms with E-state index in [2.05, 4.69) is 4.74 Å². The van der Waals surface area contributed by atoms with Crippen LogP contribution in [0.1, 0.15) is 26.2 Å². The van der Waals surface area contributed by atoms with Gasteiger partial charge in [0.1, 0.15) is 12.2 Å². The van der Waals surface area contributed by atoms with Gasteiger partial charge < -0.3 is 14.4 Å². The third-order valence-electron chi connectivity index (χ3n) is 3.01. The van der Waals surface area contributed by atoms with Crippen molar-refractivity contribution in [1.82, 2.24) is 4.90 Å². The highest BCUT2D eigenvalue weighted by atomic mass is 16.5. The van der Waals surface area contributed by atoms with E-state index < -0.39 is 5.97 Å². The summed E-state index contributed by atoms with van der Waals surface area (Å²) in [7, 11) is 1.33. The van der Waals surface area contributed by atoms with Gasteiger partial charge in [0.05, 0.1) is 13.7 Å². The highest BCUT2D eigenvalue weighted by Gasteiger charge is 2.28. The molecule has 0 atom stereocenters. The van der Waals surface area contributed by atoms with Crippen LogP contribution in [0.2, 0.25) is 0 Å². The van der Waals surface area contributed by atoms with Crippen LogP contribution in [0.4, 0.5) is 4.79 Å². The van der Waals surface area contributed by atoms with Crippen LogP contribution in [0.5, 0.6) is 0 Å². The summed E-state index contributed by atoms with van der Waals surface area (Å²) in [4.78, 5) is 35.8. The second kappa shape index (κ2) is 6.98. The Morgan fingerprint density at radius 3 is 2.33 bits per heavy atom. The molecule has 0 aliphatic carbocycles. The lowest BCUT2D eigenvalue weighted by atomic mass is 9.91. The third-order valence-corrected chi connectivity index (χ3v) is 3.01. The standard InChI is InChI=1S/C12H19NO5/c1-3-18-11(15)8-10(14)9-4-6-13(7-5-9)12(16)17-2/h9H,3-8H2,1-2H3. The highest BCUT2D eigenvalue weighted by Crippen LogP contribution is 2.20. The second-order valence-corrected chi connectivity index (χ2v) is 4.18. The summed E-state index contributed by atoms with van der Waals surface area (Å²) < 4.78 is 9.35. The van der Waals surface area contributed by atoms with E-state index in [0.29, 0.717) is 25.9 Å². The molecule has 0 unspecified atom stereocenters. The summed E-state index contributed by atoms with van der Waals surface area (Å²) in [5.74, 6) is -0.730. The summed E-state index contributed by atoms with van der Waals surface area (Å²) in [6, 6.07) is 0. The molecule has 1 amide bonds. The van der Waals surface area contributed by atoms with Crippen molar-refractivity contribution in [3.8, 4) is 0 Å². The van der Waals surface area contributed by atoms with Crippen molar-refractivity contribution in [3.63, 3.8) is 0 Å². The molecule has 0 N–H and O–H groups in total. The summed E-state index contributed by atoms with van der Waals surface area (Å²) in [5, 5.41) is 0. The molecule has 1 aliphatic rings. The fourth-order valence-corrected chi connectivity index (χ4v) is 2.01. The van der Waals surface area contributed by atoms with Gasteiger partial charge in [-0.15, -0.1) is 0 Å². The van der Waals surface area contributed by atoms with Gasteiger partial charge in [0.2, 0.25) is 0 Å². The van der Waals surface area contributed by atoms with Crippen molar-refractivity contribution in [2.45, 2.75) is 26.2 Å².